The Labute approximate surface area is 126 Å². The Morgan fingerprint density at radius 3 is 2.76 bits per heavy atom. The molecule has 1 aromatic heterocycles. The molecule has 0 fully saturated rings. The molecule has 1 aromatic carbocycles. The maximum Gasteiger partial charge on any atom is 0.348 e. The van der Waals surface area contributed by atoms with Crippen molar-refractivity contribution in [3.05, 3.63) is 57.3 Å². The van der Waals surface area contributed by atoms with Gasteiger partial charge in [-0.05, 0) is 36.1 Å². The van der Waals surface area contributed by atoms with Gasteiger partial charge in [-0.25, -0.2) is 4.79 Å². The fraction of sp³-hybridized carbons (Fsp3) is 0.250. The van der Waals surface area contributed by atoms with Crippen molar-refractivity contribution in [1.82, 2.24) is 5.32 Å². The predicted octanol–water partition coefficient (Wildman–Crippen LogP) is 2.95. The summed E-state index contributed by atoms with van der Waals surface area (Å²) in [6.07, 6.45) is 1.90. The first kappa shape index (κ1) is 13.8. The Bertz CT molecular complexity index is 692. The molecular formula is C16H15NO3S. The number of amides is 1. The van der Waals surface area contributed by atoms with Crippen LogP contribution in [0.1, 0.15) is 42.9 Å². The molecule has 3 rings (SSSR count). The second-order valence-electron chi connectivity index (χ2n) is 4.92. The number of thiophene rings is 1. The lowest BCUT2D eigenvalue weighted by molar-refractivity contribution is 0.0606. The summed E-state index contributed by atoms with van der Waals surface area (Å²) >= 11 is 1.15. The molecular weight excluding hydrogens is 286 g/mol. The van der Waals surface area contributed by atoms with Gasteiger partial charge < -0.3 is 10.1 Å². The van der Waals surface area contributed by atoms with Gasteiger partial charge in [0, 0.05) is 0 Å². The molecule has 108 valence electrons. The van der Waals surface area contributed by atoms with Gasteiger partial charge in [-0.1, -0.05) is 24.3 Å². The van der Waals surface area contributed by atoms with Gasteiger partial charge in [0.05, 0.1) is 18.0 Å². The lowest BCUT2D eigenvalue weighted by Crippen LogP contribution is -2.26. The van der Waals surface area contributed by atoms with Gasteiger partial charge in [0.15, 0.2) is 0 Å². The second-order valence-corrected chi connectivity index (χ2v) is 6.00. The molecule has 0 spiro atoms. The minimum absolute atomic E-state index is 0.0531. The van der Waals surface area contributed by atoms with Crippen LogP contribution in [-0.2, 0) is 11.2 Å². The summed E-state index contributed by atoms with van der Waals surface area (Å²) in [5.74, 6) is -0.554. The molecule has 1 aliphatic carbocycles. The van der Waals surface area contributed by atoms with E-state index < -0.39 is 5.97 Å². The van der Waals surface area contributed by atoms with E-state index >= 15 is 0 Å². The van der Waals surface area contributed by atoms with Crippen LogP contribution in [0.5, 0.6) is 0 Å². The number of benzene rings is 1. The van der Waals surface area contributed by atoms with Crippen molar-refractivity contribution < 1.29 is 14.3 Å². The average Bonchev–Trinajstić information content (AvgIpc) is 3.14. The highest BCUT2D eigenvalue weighted by atomic mass is 32.1. The van der Waals surface area contributed by atoms with E-state index in [0.29, 0.717) is 9.75 Å². The van der Waals surface area contributed by atoms with Gasteiger partial charge in [-0.15, -0.1) is 11.3 Å². The first-order valence-electron chi connectivity index (χ1n) is 6.76. The maximum atomic E-state index is 12.3. The first-order valence-corrected chi connectivity index (χ1v) is 7.57. The molecule has 21 heavy (non-hydrogen) atoms. The third kappa shape index (κ3) is 2.69. The Morgan fingerprint density at radius 2 is 1.95 bits per heavy atom. The highest BCUT2D eigenvalue weighted by molar-refractivity contribution is 7.15. The quantitative estimate of drug-likeness (QED) is 0.887. The van der Waals surface area contributed by atoms with Crippen LogP contribution in [0.25, 0.3) is 0 Å². The molecule has 0 bridgehead atoms. The number of hydrogen-bond acceptors (Lipinski definition) is 4. The van der Waals surface area contributed by atoms with Crippen LogP contribution in [0, 0.1) is 0 Å². The van der Waals surface area contributed by atoms with Crippen LogP contribution >= 0.6 is 11.3 Å². The first-order chi connectivity index (χ1) is 10.2. The Hall–Kier alpha value is -2.14. The van der Waals surface area contributed by atoms with Gasteiger partial charge in [0.1, 0.15) is 4.88 Å². The zero-order chi connectivity index (χ0) is 14.8. The summed E-state index contributed by atoms with van der Waals surface area (Å²) in [4.78, 5) is 24.7. The van der Waals surface area contributed by atoms with E-state index in [1.807, 2.05) is 12.1 Å². The fourth-order valence-corrected chi connectivity index (χ4v) is 3.43. The largest absolute Gasteiger partial charge is 0.465 e. The zero-order valence-corrected chi connectivity index (χ0v) is 12.4. The van der Waals surface area contributed by atoms with Crippen molar-refractivity contribution in [3.8, 4) is 0 Å². The van der Waals surface area contributed by atoms with Crippen LogP contribution in [0.15, 0.2) is 36.4 Å². The number of esters is 1. The van der Waals surface area contributed by atoms with E-state index in [-0.39, 0.29) is 11.9 Å². The van der Waals surface area contributed by atoms with Crippen LogP contribution in [-0.4, -0.2) is 19.0 Å². The predicted molar refractivity (Wildman–Crippen MR) is 80.6 cm³/mol. The fourth-order valence-electron chi connectivity index (χ4n) is 2.61. The van der Waals surface area contributed by atoms with Gasteiger partial charge in [0.2, 0.25) is 0 Å². The Morgan fingerprint density at radius 1 is 1.19 bits per heavy atom. The number of hydrogen-bond donors (Lipinski definition) is 1. The summed E-state index contributed by atoms with van der Waals surface area (Å²) in [6, 6.07) is 11.5. The lowest BCUT2D eigenvalue weighted by Gasteiger charge is -2.13. The molecule has 1 atom stereocenters. The Kier molecular flexibility index (Phi) is 3.75. The average molecular weight is 301 g/mol. The smallest absolute Gasteiger partial charge is 0.348 e. The van der Waals surface area contributed by atoms with Crippen LogP contribution < -0.4 is 5.32 Å². The SMILES string of the molecule is COC(=O)c1ccc(C(=O)NC2CCc3ccccc32)s1. The Balaban J connectivity index is 1.73. The molecule has 0 radical (unpaired) electrons. The van der Waals surface area contributed by atoms with E-state index in [1.165, 1.54) is 18.2 Å². The van der Waals surface area contributed by atoms with E-state index in [1.54, 1.807) is 12.1 Å². The molecule has 0 saturated heterocycles. The lowest BCUT2D eigenvalue weighted by atomic mass is 10.1. The van der Waals surface area contributed by atoms with Gasteiger partial charge in [0.25, 0.3) is 5.91 Å². The number of fused-ring (bicyclic) bond motifs is 1. The van der Waals surface area contributed by atoms with Gasteiger partial charge >= 0.3 is 5.97 Å². The highest BCUT2D eigenvalue weighted by Gasteiger charge is 2.24. The van der Waals surface area contributed by atoms with Crippen molar-refractivity contribution in [2.45, 2.75) is 18.9 Å². The number of carbonyl (C=O) groups is 2. The topological polar surface area (TPSA) is 55.4 Å². The minimum Gasteiger partial charge on any atom is -0.465 e. The molecule has 0 saturated carbocycles. The number of carbonyl (C=O) groups excluding carboxylic acids is 2. The van der Waals surface area contributed by atoms with Gasteiger partial charge in [-0.3, -0.25) is 4.79 Å². The van der Waals surface area contributed by atoms with Crippen molar-refractivity contribution >= 4 is 23.2 Å². The number of rotatable bonds is 3. The van der Waals surface area contributed by atoms with Gasteiger partial charge in [-0.2, -0.15) is 0 Å². The number of ether oxygens (including phenoxy) is 1. The van der Waals surface area contributed by atoms with Crippen LogP contribution in [0.4, 0.5) is 0 Å². The number of methoxy groups -OCH3 is 1. The maximum absolute atomic E-state index is 12.3. The van der Waals surface area contributed by atoms with Crippen LogP contribution in [0.3, 0.4) is 0 Å². The molecule has 1 N–H and O–H groups in total. The zero-order valence-electron chi connectivity index (χ0n) is 11.6. The second kappa shape index (κ2) is 5.69. The molecule has 1 unspecified atom stereocenters. The third-order valence-electron chi connectivity index (χ3n) is 3.65. The monoisotopic (exact) mass is 301 g/mol. The molecule has 4 nitrogen and oxygen atoms in total. The standard InChI is InChI=1S/C16H15NO3S/c1-20-16(19)14-9-8-13(21-14)15(18)17-12-7-6-10-4-2-3-5-11(10)12/h2-5,8-9,12H,6-7H2,1H3,(H,17,18). The highest BCUT2D eigenvalue weighted by Crippen LogP contribution is 2.31. The summed E-state index contributed by atoms with van der Waals surface area (Å²) in [5, 5.41) is 3.04. The van der Waals surface area contributed by atoms with Crippen molar-refractivity contribution in [1.29, 1.82) is 0 Å². The number of aryl methyl sites for hydroxylation is 1. The molecule has 0 aliphatic heterocycles. The van der Waals surface area contributed by atoms with Crippen LogP contribution in [0.2, 0.25) is 0 Å². The summed E-state index contributed by atoms with van der Waals surface area (Å²) < 4.78 is 4.65. The summed E-state index contributed by atoms with van der Waals surface area (Å²) in [6.45, 7) is 0. The van der Waals surface area contributed by atoms with Crippen molar-refractivity contribution in [2.75, 3.05) is 7.11 Å². The molecule has 1 heterocycles. The van der Waals surface area contributed by atoms with E-state index in [9.17, 15) is 9.59 Å². The molecule has 2 aromatic rings. The summed E-state index contributed by atoms with van der Waals surface area (Å²) in [7, 11) is 1.33. The molecule has 1 aliphatic rings. The summed E-state index contributed by atoms with van der Waals surface area (Å²) in [5.41, 5.74) is 2.49. The van der Waals surface area contributed by atoms with Crippen molar-refractivity contribution in [3.63, 3.8) is 0 Å². The van der Waals surface area contributed by atoms with E-state index in [4.69, 9.17) is 0 Å². The number of nitrogens with one attached hydrogen (secondary N) is 1. The minimum atomic E-state index is -0.412. The molecule has 5 heteroatoms. The van der Waals surface area contributed by atoms with Crippen molar-refractivity contribution in [2.24, 2.45) is 0 Å². The third-order valence-corrected chi connectivity index (χ3v) is 4.72. The molecule has 1 amide bonds. The van der Waals surface area contributed by atoms with E-state index in [0.717, 1.165) is 24.2 Å². The van der Waals surface area contributed by atoms with E-state index in [2.05, 4.69) is 22.2 Å². The normalized spacial score (nSPS) is 16.3.